The second-order valence-corrected chi connectivity index (χ2v) is 7.18. The first-order chi connectivity index (χ1) is 10.9. The molecule has 0 unspecified atom stereocenters. The summed E-state index contributed by atoms with van der Waals surface area (Å²) in [6, 6.07) is 11.9. The van der Waals surface area contributed by atoms with Crippen LogP contribution in [0.15, 0.2) is 53.6 Å². The molecular weight excluding hydrogens is 338 g/mol. The summed E-state index contributed by atoms with van der Waals surface area (Å²) in [6.45, 7) is 0.133. The second kappa shape index (κ2) is 7.54. The fourth-order valence-electron chi connectivity index (χ4n) is 1.97. The molecule has 2 aromatic rings. The third-order valence-electron chi connectivity index (χ3n) is 3.15. The van der Waals surface area contributed by atoms with E-state index in [-0.39, 0.29) is 29.6 Å². The summed E-state index contributed by atoms with van der Waals surface area (Å²) in [5, 5.41) is 0.204. The van der Waals surface area contributed by atoms with Crippen molar-refractivity contribution in [3.05, 3.63) is 59.4 Å². The zero-order chi connectivity index (χ0) is 16.9. The maximum Gasteiger partial charge on any atom is 0.244 e. The fraction of sp³-hybridized carbons (Fsp3) is 0.200. The smallest absolute Gasteiger partial charge is 0.244 e. The molecule has 0 saturated heterocycles. The Morgan fingerprint density at radius 1 is 1.17 bits per heavy atom. The predicted octanol–water partition coefficient (Wildman–Crippen LogP) is 1.80. The average Bonchev–Trinajstić information content (AvgIpc) is 2.52. The standard InChI is InChI=1S/C15H16ClN3O3S/c16-14-7-6-13(10-18-14)23(21,22)19(9-8-15(17)20)11-12-4-2-1-3-5-12/h1-7,10H,8-9,11H2,(H2,17,20). The van der Waals surface area contributed by atoms with Gasteiger partial charge in [-0.2, -0.15) is 4.31 Å². The van der Waals surface area contributed by atoms with E-state index in [0.717, 1.165) is 5.56 Å². The molecule has 6 nitrogen and oxygen atoms in total. The molecule has 1 heterocycles. The molecule has 0 radical (unpaired) electrons. The van der Waals surface area contributed by atoms with Gasteiger partial charge in [-0.3, -0.25) is 4.79 Å². The number of primary amides is 1. The van der Waals surface area contributed by atoms with Crippen LogP contribution in [0.4, 0.5) is 0 Å². The van der Waals surface area contributed by atoms with Crippen LogP contribution in [0, 0.1) is 0 Å². The summed E-state index contributed by atoms with van der Waals surface area (Å²) in [4.78, 5) is 14.8. The van der Waals surface area contributed by atoms with Gasteiger partial charge in [-0.15, -0.1) is 0 Å². The van der Waals surface area contributed by atoms with E-state index in [2.05, 4.69) is 4.98 Å². The van der Waals surface area contributed by atoms with Crippen LogP contribution in [0.1, 0.15) is 12.0 Å². The maximum atomic E-state index is 12.8. The number of nitrogens with two attached hydrogens (primary N) is 1. The number of pyridine rings is 1. The van der Waals surface area contributed by atoms with Crippen molar-refractivity contribution in [2.45, 2.75) is 17.9 Å². The lowest BCUT2D eigenvalue weighted by Gasteiger charge is -2.21. The number of halogens is 1. The van der Waals surface area contributed by atoms with Crippen LogP contribution in [0.25, 0.3) is 0 Å². The van der Waals surface area contributed by atoms with E-state index in [9.17, 15) is 13.2 Å². The molecule has 23 heavy (non-hydrogen) atoms. The lowest BCUT2D eigenvalue weighted by molar-refractivity contribution is -0.118. The minimum absolute atomic E-state index is 0.00477. The van der Waals surface area contributed by atoms with Gasteiger partial charge in [-0.05, 0) is 17.7 Å². The Bertz CT molecular complexity index is 764. The number of carbonyl (C=O) groups is 1. The highest BCUT2D eigenvalue weighted by Crippen LogP contribution is 2.19. The van der Waals surface area contributed by atoms with Gasteiger partial charge in [0.1, 0.15) is 10.0 Å². The monoisotopic (exact) mass is 353 g/mol. The normalized spacial score (nSPS) is 11.6. The van der Waals surface area contributed by atoms with Gasteiger partial charge < -0.3 is 5.73 Å². The summed E-state index contributed by atoms with van der Waals surface area (Å²) in [7, 11) is -3.81. The van der Waals surface area contributed by atoms with E-state index in [1.165, 1.54) is 22.6 Å². The van der Waals surface area contributed by atoms with Crippen LogP contribution in [-0.4, -0.2) is 30.2 Å². The number of hydrogen-bond donors (Lipinski definition) is 1. The van der Waals surface area contributed by atoms with E-state index in [0.29, 0.717) is 0 Å². The Morgan fingerprint density at radius 3 is 2.43 bits per heavy atom. The minimum Gasteiger partial charge on any atom is -0.370 e. The predicted molar refractivity (Wildman–Crippen MR) is 87.1 cm³/mol. The molecule has 1 aromatic carbocycles. The van der Waals surface area contributed by atoms with Crippen LogP contribution in [0.2, 0.25) is 5.15 Å². The zero-order valence-electron chi connectivity index (χ0n) is 12.2. The first-order valence-corrected chi connectivity index (χ1v) is 8.65. The van der Waals surface area contributed by atoms with Crippen molar-refractivity contribution in [1.29, 1.82) is 0 Å². The van der Waals surface area contributed by atoms with E-state index < -0.39 is 15.9 Å². The van der Waals surface area contributed by atoms with Crippen molar-refractivity contribution in [3.63, 3.8) is 0 Å². The topological polar surface area (TPSA) is 93.4 Å². The van der Waals surface area contributed by atoms with Crippen LogP contribution in [0.5, 0.6) is 0 Å². The molecule has 0 aliphatic heterocycles. The molecule has 1 aromatic heterocycles. The molecule has 2 rings (SSSR count). The second-order valence-electron chi connectivity index (χ2n) is 4.86. The maximum absolute atomic E-state index is 12.8. The number of amides is 1. The fourth-order valence-corrected chi connectivity index (χ4v) is 3.46. The number of rotatable bonds is 7. The highest BCUT2D eigenvalue weighted by atomic mass is 35.5. The molecule has 122 valence electrons. The number of aromatic nitrogens is 1. The molecule has 0 bridgehead atoms. The summed E-state index contributed by atoms with van der Waals surface area (Å²) in [5.74, 6) is -0.563. The Hall–Kier alpha value is -1.96. The molecule has 1 amide bonds. The summed E-state index contributed by atoms with van der Waals surface area (Å²) >= 11 is 5.69. The van der Waals surface area contributed by atoms with Crippen molar-refractivity contribution in [2.24, 2.45) is 5.73 Å². The number of carbonyl (C=O) groups excluding carboxylic acids is 1. The van der Waals surface area contributed by atoms with Gasteiger partial charge in [0.05, 0.1) is 0 Å². The van der Waals surface area contributed by atoms with Gasteiger partial charge in [0.15, 0.2) is 0 Å². The van der Waals surface area contributed by atoms with Crippen LogP contribution in [0.3, 0.4) is 0 Å². The SMILES string of the molecule is NC(=O)CCN(Cc1ccccc1)S(=O)(=O)c1ccc(Cl)nc1. The van der Waals surface area contributed by atoms with Gasteiger partial charge in [0, 0.05) is 25.7 Å². The quantitative estimate of drug-likeness (QED) is 0.768. The largest absolute Gasteiger partial charge is 0.370 e. The van der Waals surface area contributed by atoms with Crippen LogP contribution in [-0.2, 0) is 21.4 Å². The van der Waals surface area contributed by atoms with Crippen molar-refractivity contribution >= 4 is 27.5 Å². The zero-order valence-corrected chi connectivity index (χ0v) is 13.8. The summed E-state index contributed by atoms with van der Waals surface area (Å²) < 4.78 is 26.7. The molecule has 0 spiro atoms. The minimum atomic E-state index is -3.81. The lowest BCUT2D eigenvalue weighted by Crippen LogP contribution is -2.33. The van der Waals surface area contributed by atoms with Crippen molar-refractivity contribution in [1.82, 2.24) is 9.29 Å². The van der Waals surface area contributed by atoms with Crippen LogP contribution < -0.4 is 5.73 Å². The molecule has 0 aliphatic rings. The first-order valence-electron chi connectivity index (χ1n) is 6.83. The highest BCUT2D eigenvalue weighted by Gasteiger charge is 2.25. The van der Waals surface area contributed by atoms with E-state index in [1.54, 1.807) is 0 Å². The molecule has 0 fully saturated rings. The van der Waals surface area contributed by atoms with Crippen molar-refractivity contribution in [3.8, 4) is 0 Å². The molecule has 0 aliphatic carbocycles. The van der Waals surface area contributed by atoms with Gasteiger partial charge in [0.25, 0.3) is 0 Å². The van der Waals surface area contributed by atoms with Crippen molar-refractivity contribution in [2.75, 3.05) is 6.54 Å². The number of nitrogens with zero attached hydrogens (tertiary/aromatic N) is 2. The Labute approximate surface area is 139 Å². The van der Waals surface area contributed by atoms with E-state index in [4.69, 9.17) is 17.3 Å². The van der Waals surface area contributed by atoms with Gasteiger partial charge in [-0.1, -0.05) is 41.9 Å². The molecular formula is C15H16ClN3O3S. The van der Waals surface area contributed by atoms with Crippen molar-refractivity contribution < 1.29 is 13.2 Å². The lowest BCUT2D eigenvalue weighted by atomic mass is 10.2. The van der Waals surface area contributed by atoms with Gasteiger partial charge in [-0.25, -0.2) is 13.4 Å². The molecule has 8 heteroatoms. The average molecular weight is 354 g/mol. The Morgan fingerprint density at radius 2 is 1.87 bits per heavy atom. The Kier molecular flexibility index (Phi) is 5.70. The molecule has 2 N–H and O–H groups in total. The van der Waals surface area contributed by atoms with Gasteiger partial charge in [0.2, 0.25) is 15.9 Å². The highest BCUT2D eigenvalue weighted by molar-refractivity contribution is 7.89. The third-order valence-corrected chi connectivity index (χ3v) is 5.20. The number of sulfonamides is 1. The van der Waals surface area contributed by atoms with Gasteiger partial charge >= 0.3 is 0 Å². The van der Waals surface area contributed by atoms with E-state index >= 15 is 0 Å². The first kappa shape index (κ1) is 17.4. The summed E-state index contributed by atoms with van der Waals surface area (Å²) in [5.41, 5.74) is 5.95. The van der Waals surface area contributed by atoms with Crippen LogP contribution >= 0.6 is 11.6 Å². The third kappa shape index (κ3) is 4.75. The molecule has 0 atom stereocenters. The number of benzene rings is 1. The Balaban J connectivity index is 2.31. The van der Waals surface area contributed by atoms with E-state index in [1.807, 2.05) is 30.3 Å². The summed E-state index contributed by atoms with van der Waals surface area (Å²) in [6.07, 6.45) is 1.13. The molecule has 0 saturated carbocycles. The number of hydrogen-bond acceptors (Lipinski definition) is 4.